The van der Waals surface area contributed by atoms with Crippen LogP contribution in [0.15, 0.2) is 42.5 Å². The maximum atomic E-state index is 14.2. The Bertz CT molecular complexity index is 1080. The summed E-state index contributed by atoms with van der Waals surface area (Å²) in [7, 11) is 1.70. The van der Waals surface area contributed by atoms with E-state index in [-0.39, 0.29) is 37.4 Å². The summed E-state index contributed by atoms with van der Waals surface area (Å²) < 4.78 is 6.53. The normalized spacial score (nSPS) is 32.6. The number of halogens is 1. The topological polar surface area (TPSA) is 90.4 Å². The van der Waals surface area contributed by atoms with Crippen molar-refractivity contribution < 1.29 is 24.2 Å². The van der Waals surface area contributed by atoms with Crippen molar-refractivity contribution in [2.24, 2.45) is 11.8 Å². The smallest absolute Gasteiger partial charge is 0.253 e. The number of anilines is 1. The first-order valence-corrected chi connectivity index (χ1v) is 11.9. The lowest BCUT2D eigenvalue weighted by atomic mass is 9.77. The minimum absolute atomic E-state index is 0.122. The van der Waals surface area contributed by atoms with Gasteiger partial charge in [-0.25, -0.2) is 0 Å². The molecule has 0 radical (unpaired) electrons. The number of likely N-dealkylation sites (tertiary alicyclic amines) is 1. The van der Waals surface area contributed by atoms with Gasteiger partial charge in [0.15, 0.2) is 0 Å². The molecule has 3 amide bonds. The molecule has 5 rings (SSSR count). The molecule has 2 saturated heterocycles. The molecule has 0 aliphatic carbocycles. The number of carbonyl (C=O) groups excluding carboxylic acids is 3. The van der Waals surface area contributed by atoms with Crippen LogP contribution >= 0.6 is 11.6 Å². The van der Waals surface area contributed by atoms with Crippen molar-refractivity contribution in [1.82, 2.24) is 9.80 Å². The molecule has 4 aliphatic heterocycles. The van der Waals surface area contributed by atoms with Gasteiger partial charge in [0.05, 0.1) is 28.6 Å². The van der Waals surface area contributed by atoms with Crippen LogP contribution in [0.3, 0.4) is 0 Å². The molecule has 5 atom stereocenters. The Morgan fingerprint density at radius 1 is 1.15 bits per heavy atom. The van der Waals surface area contributed by atoms with E-state index in [1.165, 1.54) is 4.90 Å². The Balaban J connectivity index is 1.64. The third kappa shape index (κ3) is 3.23. The fourth-order valence-electron chi connectivity index (χ4n) is 5.91. The first kappa shape index (κ1) is 23.1. The Morgan fingerprint density at radius 2 is 1.94 bits per heavy atom. The van der Waals surface area contributed by atoms with Gasteiger partial charge in [0, 0.05) is 33.3 Å². The quantitative estimate of drug-likeness (QED) is 0.653. The molecule has 1 unspecified atom stereocenters. The van der Waals surface area contributed by atoms with E-state index in [1.54, 1.807) is 29.0 Å². The van der Waals surface area contributed by atoms with Crippen LogP contribution in [0, 0.1) is 18.8 Å². The molecule has 34 heavy (non-hydrogen) atoms. The molecule has 1 aromatic carbocycles. The van der Waals surface area contributed by atoms with Crippen LogP contribution in [0.4, 0.5) is 5.69 Å². The standard InChI is InChI=1S/C25H28ClN3O5/c1-15-7-3-8-16(26)20(15)28-12-5-10-25-19(18-17(34-25)9-4-11-27(2)22(18)31)23(32)29(13-6-14-30)21(25)24(28)33/h3-5,7-10,17-19,21,30H,6,11-14H2,1-2H3/t17-,18+,19-,21?,25-/m0/s1. The summed E-state index contributed by atoms with van der Waals surface area (Å²) in [6.45, 7) is 2.65. The molecule has 1 spiro atoms. The number of nitrogens with zero attached hydrogens (tertiary/aromatic N) is 3. The van der Waals surface area contributed by atoms with Crippen molar-refractivity contribution >= 4 is 35.0 Å². The second-order valence-corrected chi connectivity index (χ2v) is 9.76. The molecule has 1 N–H and O–H groups in total. The maximum absolute atomic E-state index is 14.2. The van der Waals surface area contributed by atoms with E-state index in [0.29, 0.717) is 23.7 Å². The Hall–Kier alpha value is -2.68. The van der Waals surface area contributed by atoms with Gasteiger partial charge in [-0.2, -0.15) is 0 Å². The molecule has 4 aliphatic rings. The molecule has 0 bridgehead atoms. The van der Waals surface area contributed by atoms with Crippen LogP contribution in [0.5, 0.6) is 0 Å². The van der Waals surface area contributed by atoms with Crippen molar-refractivity contribution in [3.8, 4) is 0 Å². The predicted molar refractivity (Wildman–Crippen MR) is 126 cm³/mol. The van der Waals surface area contributed by atoms with Crippen LogP contribution in [-0.4, -0.2) is 83.7 Å². The maximum Gasteiger partial charge on any atom is 0.253 e. The molecule has 1 aromatic rings. The summed E-state index contributed by atoms with van der Waals surface area (Å²) in [6, 6.07) is 4.47. The zero-order valence-corrected chi connectivity index (χ0v) is 19.9. The predicted octanol–water partition coefficient (Wildman–Crippen LogP) is 1.54. The lowest BCUT2D eigenvalue weighted by Gasteiger charge is -2.35. The lowest BCUT2D eigenvalue weighted by molar-refractivity contribution is -0.143. The van der Waals surface area contributed by atoms with Crippen LogP contribution in [0.25, 0.3) is 0 Å². The SMILES string of the molecule is Cc1cccc(Cl)c1N1CC=C[C@]23O[C@H]4C=CCN(C)C(=O)[C@H]4[C@H]2C(=O)N(CCCO)C3C1=O. The molecule has 180 valence electrons. The summed E-state index contributed by atoms with van der Waals surface area (Å²) >= 11 is 6.51. The summed E-state index contributed by atoms with van der Waals surface area (Å²) in [5.41, 5.74) is 0.156. The zero-order valence-electron chi connectivity index (χ0n) is 19.2. The monoisotopic (exact) mass is 485 g/mol. The Labute approximate surface area is 203 Å². The van der Waals surface area contributed by atoms with E-state index >= 15 is 0 Å². The van der Waals surface area contributed by atoms with E-state index < -0.39 is 29.6 Å². The number of aryl methyl sites for hydroxylation is 1. The Morgan fingerprint density at radius 3 is 2.68 bits per heavy atom. The summed E-state index contributed by atoms with van der Waals surface area (Å²) in [4.78, 5) is 46.0. The minimum atomic E-state index is -1.28. The third-order valence-electron chi connectivity index (χ3n) is 7.38. The van der Waals surface area contributed by atoms with Crippen molar-refractivity contribution in [1.29, 1.82) is 0 Å². The van der Waals surface area contributed by atoms with E-state index in [2.05, 4.69) is 0 Å². The van der Waals surface area contributed by atoms with Crippen molar-refractivity contribution in [3.05, 3.63) is 53.1 Å². The number of benzene rings is 1. The second kappa shape index (κ2) is 8.52. The molecule has 4 heterocycles. The van der Waals surface area contributed by atoms with Gasteiger partial charge in [-0.1, -0.05) is 48.0 Å². The first-order chi connectivity index (χ1) is 16.3. The summed E-state index contributed by atoms with van der Waals surface area (Å²) in [5.74, 6) is -2.32. The molecular weight excluding hydrogens is 458 g/mol. The Kier molecular flexibility index (Phi) is 5.78. The minimum Gasteiger partial charge on any atom is -0.396 e. The molecule has 9 heteroatoms. The molecular formula is C25H28ClN3O5. The van der Waals surface area contributed by atoms with E-state index in [0.717, 1.165) is 5.56 Å². The number of ether oxygens (including phenoxy) is 1. The number of hydrogen-bond donors (Lipinski definition) is 1. The lowest BCUT2D eigenvalue weighted by Crippen LogP contribution is -2.55. The number of fused-ring (bicyclic) bond motifs is 2. The highest BCUT2D eigenvalue weighted by atomic mass is 35.5. The van der Waals surface area contributed by atoms with Gasteiger partial charge >= 0.3 is 0 Å². The molecule has 0 saturated carbocycles. The van der Waals surface area contributed by atoms with Crippen LogP contribution in [-0.2, 0) is 19.1 Å². The highest BCUT2D eigenvalue weighted by molar-refractivity contribution is 6.34. The van der Waals surface area contributed by atoms with Crippen LogP contribution < -0.4 is 4.90 Å². The zero-order chi connectivity index (χ0) is 24.2. The number of hydrogen-bond acceptors (Lipinski definition) is 5. The number of rotatable bonds is 4. The number of aliphatic hydroxyl groups excluding tert-OH is 1. The van der Waals surface area contributed by atoms with E-state index in [9.17, 15) is 19.5 Å². The molecule has 0 aromatic heterocycles. The average Bonchev–Trinajstić information content (AvgIpc) is 3.12. The van der Waals surface area contributed by atoms with Crippen LogP contribution in [0.1, 0.15) is 12.0 Å². The molecule has 2 fully saturated rings. The second-order valence-electron chi connectivity index (χ2n) is 9.35. The van der Waals surface area contributed by atoms with Gasteiger partial charge in [0.1, 0.15) is 11.6 Å². The first-order valence-electron chi connectivity index (χ1n) is 11.6. The fraction of sp³-hybridized carbons (Fsp3) is 0.480. The van der Waals surface area contributed by atoms with Crippen molar-refractivity contribution in [3.63, 3.8) is 0 Å². The van der Waals surface area contributed by atoms with Gasteiger partial charge in [-0.05, 0) is 25.0 Å². The highest BCUT2D eigenvalue weighted by Crippen LogP contribution is 2.53. The number of likely N-dealkylation sites (N-methyl/N-ethyl adjacent to an activating group) is 1. The van der Waals surface area contributed by atoms with Gasteiger partial charge in [-0.3, -0.25) is 14.4 Å². The van der Waals surface area contributed by atoms with Gasteiger partial charge in [0.2, 0.25) is 11.8 Å². The fourth-order valence-corrected chi connectivity index (χ4v) is 6.23. The third-order valence-corrected chi connectivity index (χ3v) is 7.68. The van der Waals surface area contributed by atoms with Crippen molar-refractivity contribution in [2.75, 3.05) is 38.2 Å². The number of aliphatic hydroxyl groups is 1. The summed E-state index contributed by atoms with van der Waals surface area (Å²) in [6.07, 6.45) is 7.05. The number of para-hydroxylation sites is 1. The van der Waals surface area contributed by atoms with Gasteiger partial charge < -0.3 is 24.5 Å². The number of carbonyl (C=O) groups is 3. The average molecular weight is 486 g/mol. The molecule has 8 nitrogen and oxygen atoms in total. The van der Waals surface area contributed by atoms with Crippen LogP contribution in [0.2, 0.25) is 5.02 Å². The van der Waals surface area contributed by atoms with Crippen molar-refractivity contribution in [2.45, 2.75) is 31.1 Å². The van der Waals surface area contributed by atoms with E-state index in [1.807, 2.05) is 37.3 Å². The van der Waals surface area contributed by atoms with E-state index in [4.69, 9.17) is 16.3 Å². The van der Waals surface area contributed by atoms with Gasteiger partial charge in [-0.15, -0.1) is 0 Å². The van der Waals surface area contributed by atoms with Gasteiger partial charge in [0.25, 0.3) is 5.91 Å². The number of amides is 3. The highest BCUT2D eigenvalue weighted by Gasteiger charge is 2.71. The largest absolute Gasteiger partial charge is 0.396 e. The summed E-state index contributed by atoms with van der Waals surface area (Å²) in [5, 5.41) is 9.91.